The Kier molecular flexibility index (Phi) is 7.11. The molecule has 0 radical (unpaired) electrons. The number of nitrogens with zero attached hydrogens (tertiary/aromatic N) is 1. The number of hydrogen-bond donors (Lipinski definition) is 2. The third-order valence-electron chi connectivity index (χ3n) is 4.93. The summed E-state index contributed by atoms with van der Waals surface area (Å²) in [5.74, 6) is 0.790. The molecule has 0 spiro atoms. The predicted molar refractivity (Wildman–Crippen MR) is 114 cm³/mol. The van der Waals surface area contributed by atoms with Gasteiger partial charge in [-0.3, -0.25) is 4.79 Å². The molecule has 0 unspecified atom stereocenters. The minimum atomic E-state index is -0.0885. The smallest absolute Gasteiger partial charge is 0.317 e. The van der Waals surface area contributed by atoms with Gasteiger partial charge in [0.15, 0.2) is 0 Å². The first-order valence-electron chi connectivity index (χ1n) is 10.2. The van der Waals surface area contributed by atoms with Gasteiger partial charge < -0.3 is 20.3 Å². The quantitative estimate of drug-likeness (QED) is 0.776. The van der Waals surface area contributed by atoms with Crippen LogP contribution < -0.4 is 15.4 Å². The second kappa shape index (κ2) is 9.96. The molecule has 1 aliphatic heterocycles. The molecule has 6 nitrogen and oxygen atoms in total. The SMILES string of the molecule is CC(C)Oc1ccc(CNC(=O)N2CCC(C(=O)Nc3ccccc3)CC2)cc1. The van der Waals surface area contributed by atoms with Crippen LogP contribution in [0.15, 0.2) is 54.6 Å². The molecule has 0 aliphatic carbocycles. The number of benzene rings is 2. The Hall–Kier alpha value is -3.02. The van der Waals surface area contributed by atoms with Crippen molar-refractivity contribution < 1.29 is 14.3 Å². The van der Waals surface area contributed by atoms with Crippen molar-refractivity contribution in [2.45, 2.75) is 39.3 Å². The molecule has 29 heavy (non-hydrogen) atoms. The third kappa shape index (κ3) is 6.24. The van der Waals surface area contributed by atoms with Crippen molar-refractivity contribution in [1.29, 1.82) is 0 Å². The van der Waals surface area contributed by atoms with Crippen molar-refractivity contribution in [2.75, 3.05) is 18.4 Å². The second-order valence-electron chi connectivity index (χ2n) is 7.59. The summed E-state index contributed by atoms with van der Waals surface area (Å²) in [6.45, 7) is 5.61. The molecule has 2 N–H and O–H groups in total. The van der Waals surface area contributed by atoms with Crippen LogP contribution in [0.2, 0.25) is 0 Å². The number of urea groups is 1. The lowest BCUT2D eigenvalue weighted by atomic mass is 9.96. The molecule has 1 aliphatic rings. The van der Waals surface area contributed by atoms with Gasteiger partial charge in [0.05, 0.1) is 6.10 Å². The zero-order chi connectivity index (χ0) is 20.6. The number of likely N-dealkylation sites (tertiary alicyclic amines) is 1. The van der Waals surface area contributed by atoms with E-state index in [1.54, 1.807) is 4.90 Å². The van der Waals surface area contributed by atoms with Gasteiger partial charge >= 0.3 is 6.03 Å². The van der Waals surface area contributed by atoms with Crippen molar-refractivity contribution in [3.8, 4) is 5.75 Å². The van der Waals surface area contributed by atoms with Gasteiger partial charge in [0.1, 0.15) is 5.75 Å². The largest absolute Gasteiger partial charge is 0.491 e. The fraction of sp³-hybridized carbons (Fsp3) is 0.391. The minimum Gasteiger partial charge on any atom is -0.491 e. The van der Waals surface area contributed by atoms with Crippen molar-refractivity contribution in [2.24, 2.45) is 5.92 Å². The van der Waals surface area contributed by atoms with Gasteiger partial charge in [0, 0.05) is 31.2 Å². The fourth-order valence-corrected chi connectivity index (χ4v) is 3.36. The Bertz CT molecular complexity index is 798. The van der Waals surface area contributed by atoms with Crippen LogP contribution in [0, 0.1) is 5.92 Å². The Morgan fingerprint density at radius 2 is 1.69 bits per heavy atom. The molecule has 6 heteroatoms. The minimum absolute atomic E-state index is 0.0277. The summed E-state index contributed by atoms with van der Waals surface area (Å²) in [6.07, 6.45) is 1.49. The molecular formula is C23H29N3O3. The Balaban J connectivity index is 1.41. The van der Waals surface area contributed by atoms with Gasteiger partial charge in [0.2, 0.25) is 5.91 Å². The summed E-state index contributed by atoms with van der Waals surface area (Å²) in [5.41, 5.74) is 1.83. The molecule has 2 aromatic carbocycles. The zero-order valence-electron chi connectivity index (χ0n) is 17.1. The van der Waals surface area contributed by atoms with Gasteiger partial charge in [-0.15, -0.1) is 0 Å². The van der Waals surface area contributed by atoms with Crippen molar-refractivity contribution in [1.82, 2.24) is 10.2 Å². The van der Waals surface area contributed by atoms with Gasteiger partial charge in [-0.25, -0.2) is 4.79 Å². The van der Waals surface area contributed by atoms with Crippen LogP contribution >= 0.6 is 0 Å². The number of anilines is 1. The number of piperidine rings is 1. The van der Waals surface area contributed by atoms with Crippen LogP contribution in [0.3, 0.4) is 0 Å². The number of carbonyl (C=O) groups excluding carboxylic acids is 2. The molecule has 0 aromatic heterocycles. The number of rotatable bonds is 6. The highest BCUT2D eigenvalue weighted by Gasteiger charge is 2.27. The molecule has 1 saturated heterocycles. The van der Waals surface area contributed by atoms with E-state index in [9.17, 15) is 9.59 Å². The fourth-order valence-electron chi connectivity index (χ4n) is 3.36. The van der Waals surface area contributed by atoms with E-state index in [0.717, 1.165) is 17.0 Å². The molecule has 3 amide bonds. The lowest BCUT2D eigenvalue weighted by Crippen LogP contribution is -2.45. The highest BCUT2D eigenvalue weighted by molar-refractivity contribution is 5.92. The number of para-hydroxylation sites is 1. The lowest BCUT2D eigenvalue weighted by Gasteiger charge is -2.31. The summed E-state index contributed by atoms with van der Waals surface area (Å²) in [4.78, 5) is 26.6. The van der Waals surface area contributed by atoms with Crippen molar-refractivity contribution in [3.63, 3.8) is 0 Å². The molecule has 1 heterocycles. The summed E-state index contributed by atoms with van der Waals surface area (Å²) in [7, 11) is 0. The number of ether oxygens (including phenoxy) is 1. The van der Waals surface area contributed by atoms with E-state index < -0.39 is 0 Å². The molecule has 154 valence electrons. The number of hydrogen-bond acceptors (Lipinski definition) is 3. The van der Waals surface area contributed by atoms with Crippen LogP contribution in [-0.2, 0) is 11.3 Å². The van der Waals surface area contributed by atoms with Crippen LogP contribution in [0.4, 0.5) is 10.5 Å². The average Bonchev–Trinajstić information content (AvgIpc) is 2.73. The molecule has 3 rings (SSSR count). The third-order valence-corrected chi connectivity index (χ3v) is 4.93. The van der Waals surface area contributed by atoms with E-state index >= 15 is 0 Å². The number of carbonyl (C=O) groups is 2. The average molecular weight is 396 g/mol. The second-order valence-corrected chi connectivity index (χ2v) is 7.59. The number of amides is 3. The topological polar surface area (TPSA) is 70.7 Å². The molecule has 0 bridgehead atoms. The van der Waals surface area contributed by atoms with Gasteiger partial charge in [-0.05, 0) is 56.5 Å². The summed E-state index contributed by atoms with van der Waals surface area (Å²) < 4.78 is 5.63. The highest BCUT2D eigenvalue weighted by atomic mass is 16.5. The van der Waals surface area contributed by atoms with E-state index in [2.05, 4.69) is 10.6 Å². The van der Waals surface area contributed by atoms with Crippen LogP contribution in [-0.4, -0.2) is 36.0 Å². The predicted octanol–water partition coefficient (Wildman–Crippen LogP) is 4.03. The van der Waals surface area contributed by atoms with Gasteiger partial charge in [0.25, 0.3) is 0 Å². The van der Waals surface area contributed by atoms with E-state index in [-0.39, 0.29) is 24.0 Å². The van der Waals surface area contributed by atoms with Crippen LogP contribution in [0.25, 0.3) is 0 Å². The van der Waals surface area contributed by atoms with Crippen LogP contribution in [0.1, 0.15) is 32.3 Å². The van der Waals surface area contributed by atoms with Crippen LogP contribution in [0.5, 0.6) is 5.75 Å². The maximum atomic E-state index is 12.4. The van der Waals surface area contributed by atoms with E-state index in [4.69, 9.17) is 4.74 Å². The van der Waals surface area contributed by atoms with Crippen molar-refractivity contribution in [3.05, 3.63) is 60.2 Å². The summed E-state index contributed by atoms with van der Waals surface area (Å²) in [6, 6.07) is 17.1. The Labute approximate surface area is 172 Å². The van der Waals surface area contributed by atoms with Crippen molar-refractivity contribution >= 4 is 17.6 Å². The first-order valence-corrected chi connectivity index (χ1v) is 10.2. The summed E-state index contributed by atoms with van der Waals surface area (Å²) >= 11 is 0. The number of nitrogens with one attached hydrogen (secondary N) is 2. The maximum absolute atomic E-state index is 12.4. The van der Waals surface area contributed by atoms with E-state index in [0.29, 0.717) is 32.5 Å². The Morgan fingerprint density at radius 3 is 2.31 bits per heavy atom. The molecule has 0 atom stereocenters. The Morgan fingerprint density at radius 1 is 1.03 bits per heavy atom. The van der Waals surface area contributed by atoms with Gasteiger partial charge in [-0.1, -0.05) is 30.3 Å². The lowest BCUT2D eigenvalue weighted by molar-refractivity contribution is -0.121. The normalized spacial score (nSPS) is 14.5. The van der Waals surface area contributed by atoms with E-state index in [1.165, 1.54) is 0 Å². The molecular weight excluding hydrogens is 366 g/mol. The first-order chi connectivity index (χ1) is 14.0. The first kappa shape index (κ1) is 20.7. The zero-order valence-corrected chi connectivity index (χ0v) is 17.1. The highest BCUT2D eigenvalue weighted by Crippen LogP contribution is 2.20. The molecule has 1 fully saturated rings. The summed E-state index contributed by atoms with van der Waals surface area (Å²) in [5, 5.41) is 5.91. The maximum Gasteiger partial charge on any atom is 0.317 e. The standard InChI is InChI=1S/C23H29N3O3/c1-17(2)29-21-10-8-18(9-11-21)16-24-23(28)26-14-12-19(13-15-26)22(27)25-20-6-4-3-5-7-20/h3-11,17,19H,12-16H2,1-2H3,(H,24,28)(H,25,27). The van der Waals surface area contributed by atoms with Gasteiger partial charge in [-0.2, -0.15) is 0 Å². The molecule has 0 saturated carbocycles. The monoisotopic (exact) mass is 395 g/mol. The molecule has 2 aromatic rings. The van der Waals surface area contributed by atoms with E-state index in [1.807, 2.05) is 68.4 Å².